The molecule has 0 aliphatic heterocycles. The number of nitrogens with one attached hydrogen (secondary N) is 3. The van der Waals surface area contributed by atoms with E-state index >= 15 is 0 Å². The van der Waals surface area contributed by atoms with Gasteiger partial charge in [0.1, 0.15) is 12.0 Å². The third-order valence-corrected chi connectivity index (χ3v) is 8.84. The van der Waals surface area contributed by atoms with Crippen LogP contribution in [0.3, 0.4) is 0 Å². The number of benzene rings is 2. The highest BCUT2D eigenvalue weighted by molar-refractivity contribution is 6.32. The minimum Gasteiger partial charge on any atom is -0.356 e. The summed E-state index contributed by atoms with van der Waals surface area (Å²) in [5.41, 5.74) is 2.28. The second-order valence-corrected chi connectivity index (χ2v) is 14.1. The van der Waals surface area contributed by atoms with Gasteiger partial charge in [0.15, 0.2) is 11.8 Å². The Morgan fingerprint density at radius 2 is 1.80 bits per heavy atom. The van der Waals surface area contributed by atoms with E-state index < -0.39 is 24.2 Å². The number of nitrogens with zero attached hydrogens (tertiary/aromatic N) is 7. The smallest absolute Gasteiger partial charge is 0.297 e. The highest BCUT2D eigenvalue weighted by Gasteiger charge is 2.34. The van der Waals surface area contributed by atoms with Crippen molar-refractivity contribution in [2.45, 2.75) is 71.4 Å². The molecule has 2 aromatic carbocycles. The molecule has 2 aliphatic carbocycles. The molecule has 49 heavy (non-hydrogen) atoms. The Labute approximate surface area is 287 Å². The number of guanidine groups is 1. The first-order valence-corrected chi connectivity index (χ1v) is 16.7. The molecule has 2 aliphatic rings. The predicted octanol–water partition coefficient (Wildman–Crippen LogP) is 6.12. The number of hydrogen-bond acceptors (Lipinski definition) is 7. The summed E-state index contributed by atoms with van der Waals surface area (Å²) in [6.07, 6.45) is 4.16. The summed E-state index contributed by atoms with van der Waals surface area (Å²) in [5.74, 6) is -1.54. The lowest BCUT2D eigenvalue weighted by Crippen LogP contribution is -2.50. The normalized spacial score (nSPS) is 15.2. The lowest BCUT2D eigenvalue weighted by Gasteiger charge is -2.33. The highest BCUT2D eigenvalue weighted by Crippen LogP contribution is 2.35. The van der Waals surface area contributed by atoms with E-state index in [2.05, 4.69) is 51.7 Å². The van der Waals surface area contributed by atoms with Crippen molar-refractivity contribution >= 4 is 29.4 Å². The molecule has 0 spiro atoms. The molecule has 1 atom stereocenters. The Bertz CT molecular complexity index is 1830. The molecule has 0 radical (unpaired) electrons. The van der Waals surface area contributed by atoms with Crippen LogP contribution < -0.4 is 10.6 Å². The van der Waals surface area contributed by atoms with Crippen LogP contribution in [0, 0.1) is 16.7 Å². The Morgan fingerprint density at radius 1 is 1.06 bits per heavy atom. The molecule has 0 saturated heterocycles. The monoisotopic (exact) mass is 692 g/mol. The van der Waals surface area contributed by atoms with E-state index in [9.17, 15) is 18.4 Å². The summed E-state index contributed by atoms with van der Waals surface area (Å²) >= 11 is 6.50. The van der Waals surface area contributed by atoms with E-state index in [0.29, 0.717) is 35.8 Å². The minimum absolute atomic E-state index is 0.0395. The Balaban J connectivity index is 1.37. The van der Waals surface area contributed by atoms with Crippen molar-refractivity contribution in [1.29, 1.82) is 5.41 Å². The van der Waals surface area contributed by atoms with E-state index in [0.717, 1.165) is 42.3 Å². The van der Waals surface area contributed by atoms with Gasteiger partial charge >= 0.3 is 0 Å². The van der Waals surface area contributed by atoms with Crippen molar-refractivity contribution in [2.75, 3.05) is 13.1 Å². The van der Waals surface area contributed by atoms with Gasteiger partial charge in [-0.15, -0.1) is 0 Å². The average molecular weight is 693 g/mol. The van der Waals surface area contributed by atoms with Gasteiger partial charge in [-0.05, 0) is 67.3 Å². The molecule has 0 bridgehead atoms. The SMILES string of the molecule is CC(C)(C)CCNC(=N)N(C(=O)c1ccc(-c2cnn(C3CC3)n2)cc1)[C@H](CNC(=O)C1CC1)c1ccc(Cl)c(-n2ncnc2C(F)F)c1. The van der Waals surface area contributed by atoms with Gasteiger partial charge < -0.3 is 10.6 Å². The molecule has 2 fully saturated rings. The fourth-order valence-corrected chi connectivity index (χ4v) is 5.58. The topological polar surface area (TPSA) is 147 Å². The number of rotatable bonds is 12. The first kappa shape index (κ1) is 34.2. The van der Waals surface area contributed by atoms with Crippen molar-refractivity contribution in [3.63, 3.8) is 0 Å². The van der Waals surface area contributed by atoms with Crippen LogP contribution >= 0.6 is 11.6 Å². The van der Waals surface area contributed by atoms with E-state index in [1.807, 2.05) is 0 Å². The zero-order valence-corrected chi connectivity index (χ0v) is 28.3. The third kappa shape index (κ3) is 8.12. The van der Waals surface area contributed by atoms with Gasteiger partial charge in [-0.2, -0.15) is 20.1 Å². The van der Waals surface area contributed by atoms with Crippen molar-refractivity contribution in [3.8, 4) is 16.9 Å². The number of carbonyl (C=O) groups is 2. The van der Waals surface area contributed by atoms with Crippen LogP contribution in [0.2, 0.25) is 5.02 Å². The van der Waals surface area contributed by atoms with Gasteiger partial charge in [0, 0.05) is 30.1 Å². The number of halogens is 3. The lowest BCUT2D eigenvalue weighted by molar-refractivity contribution is -0.122. The quantitative estimate of drug-likeness (QED) is 0.120. The van der Waals surface area contributed by atoms with Crippen LogP contribution in [0.4, 0.5) is 8.78 Å². The molecule has 0 unspecified atom stereocenters. The average Bonchev–Trinajstić information content (AvgIpc) is 4.00. The summed E-state index contributed by atoms with van der Waals surface area (Å²) in [6, 6.07) is 11.0. The summed E-state index contributed by atoms with van der Waals surface area (Å²) in [5, 5.41) is 28.2. The van der Waals surface area contributed by atoms with Gasteiger partial charge in [0.2, 0.25) is 5.91 Å². The maximum atomic E-state index is 14.5. The summed E-state index contributed by atoms with van der Waals surface area (Å²) in [4.78, 5) is 34.0. The van der Waals surface area contributed by atoms with Crippen molar-refractivity contribution in [3.05, 3.63) is 77.0 Å². The zero-order valence-electron chi connectivity index (χ0n) is 27.5. The lowest BCUT2D eigenvalue weighted by atomic mass is 9.92. The van der Waals surface area contributed by atoms with E-state index in [-0.39, 0.29) is 40.5 Å². The number of aromatic nitrogens is 6. The molecule has 6 rings (SSSR count). The molecule has 2 aromatic heterocycles. The van der Waals surface area contributed by atoms with Gasteiger partial charge in [-0.1, -0.05) is 50.6 Å². The number of alkyl halides is 2. The van der Waals surface area contributed by atoms with Crippen LogP contribution in [0.5, 0.6) is 0 Å². The Morgan fingerprint density at radius 3 is 2.45 bits per heavy atom. The third-order valence-electron chi connectivity index (χ3n) is 8.52. The van der Waals surface area contributed by atoms with Crippen molar-refractivity contribution in [1.82, 2.24) is 45.3 Å². The maximum absolute atomic E-state index is 14.5. The van der Waals surface area contributed by atoms with Crippen LogP contribution in [0.1, 0.15) is 93.1 Å². The van der Waals surface area contributed by atoms with Crippen LogP contribution in [0.25, 0.3) is 16.9 Å². The zero-order chi connectivity index (χ0) is 34.9. The highest BCUT2D eigenvalue weighted by atomic mass is 35.5. The molecule has 258 valence electrons. The van der Waals surface area contributed by atoms with E-state index in [1.165, 1.54) is 17.0 Å². The fourth-order valence-electron chi connectivity index (χ4n) is 5.38. The molecule has 4 aromatic rings. The van der Waals surface area contributed by atoms with E-state index in [4.69, 9.17) is 17.0 Å². The summed E-state index contributed by atoms with van der Waals surface area (Å²) < 4.78 is 28.6. The molecule has 2 heterocycles. The van der Waals surface area contributed by atoms with Crippen LogP contribution in [0.15, 0.2) is 55.0 Å². The second-order valence-electron chi connectivity index (χ2n) is 13.7. The van der Waals surface area contributed by atoms with Crippen LogP contribution in [-0.2, 0) is 4.79 Å². The Kier molecular flexibility index (Phi) is 9.77. The molecule has 2 saturated carbocycles. The number of carbonyl (C=O) groups excluding carboxylic acids is 2. The number of amides is 2. The maximum Gasteiger partial charge on any atom is 0.297 e. The summed E-state index contributed by atoms with van der Waals surface area (Å²) in [7, 11) is 0. The fraction of sp³-hybridized carbons (Fsp3) is 0.441. The van der Waals surface area contributed by atoms with E-state index in [1.54, 1.807) is 41.3 Å². The van der Waals surface area contributed by atoms with Crippen molar-refractivity contribution in [2.24, 2.45) is 11.3 Å². The standard InChI is InChI=1S/C34H39ClF2N10O2/c1-34(2,3)14-15-39-33(38)45(32(49)22-8-4-20(5-9-22)26-17-42-47(44-26)24-11-12-24)28(18-40-31(48)21-6-7-21)23-10-13-25(35)27(16-23)46-30(29(36)37)41-19-43-46/h4-5,8-10,13,16-17,19,21,24,28-29H,6-7,11-12,14-15,18H2,1-3H3,(H2,38,39)(H,40,48)/t28-/m1/s1. The predicted molar refractivity (Wildman–Crippen MR) is 180 cm³/mol. The minimum atomic E-state index is -2.92. The van der Waals surface area contributed by atoms with Gasteiger partial charge in [-0.3, -0.25) is 19.9 Å². The molecule has 12 nitrogen and oxygen atoms in total. The van der Waals surface area contributed by atoms with Crippen LogP contribution in [-0.4, -0.2) is 65.5 Å². The van der Waals surface area contributed by atoms with Gasteiger partial charge in [0.25, 0.3) is 12.3 Å². The number of hydrogen-bond donors (Lipinski definition) is 3. The second kappa shape index (κ2) is 14.0. The summed E-state index contributed by atoms with van der Waals surface area (Å²) in [6.45, 7) is 6.60. The molecule has 3 N–H and O–H groups in total. The molecule has 15 heteroatoms. The van der Waals surface area contributed by atoms with Gasteiger partial charge in [0.05, 0.1) is 29.0 Å². The van der Waals surface area contributed by atoms with Crippen molar-refractivity contribution < 1.29 is 18.4 Å². The molecule has 2 amide bonds. The Hall–Kier alpha value is -4.72. The molecular formula is C34H39ClF2N10O2. The van der Waals surface area contributed by atoms with Gasteiger partial charge in [-0.25, -0.2) is 18.4 Å². The first-order valence-electron chi connectivity index (χ1n) is 16.3. The molecular weight excluding hydrogens is 654 g/mol. The largest absolute Gasteiger partial charge is 0.356 e. The first-order chi connectivity index (χ1) is 23.4.